The normalized spacial score (nSPS) is 28.4. The number of fused-ring (bicyclic) bond motifs is 4. The molecule has 3 aliphatic rings. The molecule has 8 nitrogen and oxygen atoms in total. The smallest absolute Gasteiger partial charge is 0.250 e. The Kier molecular flexibility index (Phi) is 4.96. The summed E-state index contributed by atoms with van der Waals surface area (Å²) in [6, 6.07) is 11.4. The highest BCUT2D eigenvalue weighted by molar-refractivity contribution is 6.35. The number of benzene rings is 2. The van der Waals surface area contributed by atoms with E-state index in [4.69, 9.17) is 16.3 Å². The van der Waals surface area contributed by atoms with Crippen LogP contribution in [0.2, 0.25) is 5.02 Å². The first-order chi connectivity index (χ1) is 15.4. The Morgan fingerprint density at radius 2 is 1.88 bits per heavy atom. The number of para-hydroxylation sites is 1. The van der Waals surface area contributed by atoms with Gasteiger partial charge in [0.1, 0.15) is 11.3 Å². The third-order valence-corrected chi connectivity index (χ3v) is 7.02. The Labute approximate surface area is 189 Å². The summed E-state index contributed by atoms with van der Waals surface area (Å²) >= 11 is 6.34. The molecule has 3 amide bonds. The van der Waals surface area contributed by atoms with Crippen molar-refractivity contribution < 1.29 is 24.2 Å². The number of methoxy groups -OCH3 is 1. The zero-order valence-electron chi connectivity index (χ0n) is 17.3. The number of rotatable bonds is 5. The molecule has 32 heavy (non-hydrogen) atoms. The van der Waals surface area contributed by atoms with Crippen molar-refractivity contribution >= 4 is 35.0 Å². The summed E-state index contributed by atoms with van der Waals surface area (Å²) in [4.78, 5) is 41.5. The predicted octanol–water partition coefficient (Wildman–Crippen LogP) is 1.66. The second-order valence-electron chi connectivity index (χ2n) is 8.37. The zero-order valence-corrected chi connectivity index (χ0v) is 18.1. The van der Waals surface area contributed by atoms with Gasteiger partial charge in [-0.1, -0.05) is 35.9 Å². The molecule has 0 aliphatic carbocycles. The van der Waals surface area contributed by atoms with E-state index < -0.39 is 29.3 Å². The molecule has 5 rings (SSSR count). The number of halogens is 1. The number of likely N-dealkylation sites (tertiary alicyclic amines) is 1. The van der Waals surface area contributed by atoms with Crippen molar-refractivity contribution in [1.29, 1.82) is 0 Å². The monoisotopic (exact) mass is 455 g/mol. The molecule has 166 valence electrons. The van der Waals surface area contributed by atoms with Gasteiger partial charge in [-0.15, -0.1) is 0 Å². The summed E-state index contributed by atoms with van der Waals surface area (Å²) in [5, 5.41) is 16.2. The number of carbonyl (C=O) groups excluding carboxylic acids is 3. The molecule has 2 saturated heterocycles. The quantitative estimate of drug-likeness (QED) is 0.592. The summed E-state index contributed by atoms with van der Waals surface area (Å²) in [7, 11) is 1.51. The molecule has 3 heterocycles. The van der Waals surface area contributed by atoms with Crippen molar-refractivity contribution in [2.24, 2.45) is 11.8 Å². The van der Waals surface area contributed by atoms with Gasteiger partial charge >= 0.3 is 0 Å². The molecule has 0 saturated carbocycles. The lowest BCUT2D eigenvalue weighted by atomic mass is 9.76. The summed E-state index contributed by atoms with van der Waals surface area (Å²) < 4.78 is 5.08. The molecule has 3 aliphatic heterocycles. The van der Waals surface area contributed by atoms with E-state index in [0.717, 1.165) is 5.56 Å². The van der Waals surface area contributed by atoms with E-state index in [2.05, 4.69) is 10.6 Å². The summed E-state index contributed by atoms with van der Waals surface area (Å²) in [6.07, 6.45) is 0.406. The molecule has 2 fully saturated rings. The van der Waals surface area contributed by atoms with E-state index in [1.165, 1.54) is 12.0 Å². The van der Waals surface area contributed by atoms with Crippen LogP contribution >= 0.6 is 11.6 Å². The maximum absolute atomic E-state index is 13.5. The molecule has 0 radical (unpaired) electrons. The number of aromatic hydroxyl groups is 1. The van der Waals surface area contributed by atoms with Crippen LogP contribution in [0.3, 0.4) is 0 Å². The number of phenolic OH excluding ortho intramolecular Hbond substituents is 1. The van der Waals surface area contributed by atoms with Gasteiger partial charge in [0.2, 0.25) is 17.7 Å². The van der Waals surface area contributed by atoms with Gasteiger partial charge in [-0.25, -0.2) is 0 Å². The second-order valence-corrected chi connectivity index (χ2v) is 8.78. The van der Waals surface area contributed by atoms with Crippen molar-refractivity contribution in [3.8, 4) is 5.75 Å². The molecule has 1 spiro atoms. The number of phenols is 1. The average Bonchev–Trinajstić information content (AvgIpc) is 3.35. The minimum atomic E-state index is -1.39. The number of anilines is 1. The van der Waals surface area contributed by atoms with Gasteiger partial charge in [-0.2, -0.15) is 0 Å². The molecular weight excluding hydrogens is 434 g/mol. The highest BCUT2D eigenvalue weighted by Gasteiger charge is 2.70. The van der Waals surface area contributed by atoms with Crippen LogP contribution < -0.4 is 10.6 Å². The molecule has 0 unspecified atom stereocenters. The fraction of sp³-hybridized carbons (Fsp3) is 0.348. The number of nitrogens with zero attached hydrogens (tertiary/aromatic N) is 1. The standard InChI is InChI=1S/C23H22ClN3O5/c1-32-10-9-27-20(29)17-16(11-12-5-7-13(28)8-6-12)26-23(18(17)21(27)30)14-3-2-4-15(24)19(14)25-22(23)31/h2-8,16-18,26,28H,9-11H2,1H3,(H,25,31)/t16-,17-,18+,23-/m1/s1. The number of hydrogen-bond acceptors (Lipinski definition) is 6. The van der Waals surface area contributed by atoms with Gasteiger partial charge in [-0.3, -0.25) is 24.6 Å². The van der Waals surface area contributed by atoms with Crippen LogP contribution in [0, 0.1) is 11.8 Å². The lowest BCUT2D eigenvalue weighted by molar-refractivity contribution is -0.143. The Morgan fingerprint density at radius 1 is 1.12 bits per heavy atom. The third kappa shape index (κ3) is 2.87. The fourth-order valence-corrected chi connectivity index (χ4v) is 5.54. The van der Waals surface area contributed by atoms with Crippen LogP contribution in [0.1, 0.15) is 11.1 Å². The van der Waals surface area contributed by atoms with Gasteiger partial charge in [0.15, 0.2) is 0 Å². The van der Waals surface area contributed by atoms with Crippen LogP contribution in [0.4, 0.5) is 5.69 Å². The van der Waals surface area contributed by atoms with Crippen molar-refractivity contribution in [1.82, 2.24) is 10.2 Å². The predicted molar refractivity (Wildman–Crippen MR) is 116 cm³/mol. The van der Waals surface area contributed by atoms with E-state index >= 15 is 0 Å². The summed E-state index contributed by atoms with van der Waals surface area (Å²) in [5.74, 6) is -2.57. The molecule has 0 aromatic heterocycles. The zero-order chi connectivity index (χ0) is 22.6. The van der Waals surface area contributed by atoms with E-state index in [9.17, 15) is 19.5 Å². The number of nitrogens with one attached hydrogen (secondary N) is 2. The van der Waals surface area contributed by atoms with Crippen LogP contribution in [0.25, 0.3) is 0 Å². The lowest BCUT2D eigenvalue weighted by Gasteiger charge is -2.29. The van der Waals surface area contributed by atoms with Crippen molar-refractivity contribution in [2.45, 2.75) is 18.0 Å². The average molecular weight is 456 g/mol. The molecule has 0 bridgehead atoms. The van der Waals surface area contributed by atoms with Crippen molar-refractivity contribution in [3.63, 3.8) is 0 Å². The van der Waals surface area contributed by atoms with Crippen LogP contribution in [-0.4, -0.2) is 54.0 Å². The van der Waals surface area contributed by atoms with Crippen LogP contribution in [0.15, 0.2) is 42.5 Å². The van der Waals surface area contributed by atoms with Gasteiger partial charge in [0, 0.05) is 18.7 Å². The molecule has 2 aromatic carbocycles. The SMILES string of the molecule is COCCN1C(=O)[C@H]2[C@@H](C1=O)[C@@]1(N[C@@H]2Cc2ccc(O)cc2)C(=O)Nc2c(Cl)cccc21. The number of ether oxygens (including phenoxy) is 1. The minimum Gasteiger partial charge on any atom is -0.508 e. The lowest BCUT2D eigenvalue weighted by Crippen LogP contribution is -2.53. The fourth-order valence-electron chi connectivity index (χ4n) is 5.32. The number of hydrogen-bond donors (Lipinski definition) is 3. The highest BCUT2D eigenvalue weighted by atomic mass is 35.5. The Hall–Kier alpha value is -2.94. The highest BCUT2D eigenvalue weighted by Crippen LogP contribution is 2.54. The Morgan fingerprint density at radius 3 is 2.59 bits per heavy atom. The number of carbonyl (C=O) groups is 3. The number of amides is 3. The molecule has 2 aromatic rings. The Balaban J connectivity index is 1.61. The topological polar surface area (TPSA) is 108 Å². The molecular formula is C23H22ClN3O5. The third-order valence-electron chi connectivity index (χ3n) is 6.70. The Bertz CT molecular complexity index is 1120. The van der Waals surface area contributed by atoms with E-state index in [1.807, 2.05) is 0 Å². The largest absolute Gasteiger partial charge is 0.508 e. The number of imide groups is 1. The van der Waals surface area contributed by atoms with Gasteiger partial charge in [0.05, 0.1) is 35.7 Å². The summed E-state index contributed by atoms with van der Waals surface area (Å²) in [5.41, 5.74) is 0.525. The maximum atomic E-state index is 13.5. The maximum Gasteiger partial charge on any atom is 0.250 e. The summed E-state index contributed by atoms with van der Waals surface area (Å²) in [6.45, 7) is 0.349. The van der Waals surface area contributed by atoms with Crippen LogP contribution in [0.5, 0.6) is 5.75 Å². The molecule has 3 N–H and O–H groups in total. The van der Waals surface area contributed by atoms with E-state index in [-0.39, 0.29) is 30.7 Å². The van der Waals surface area contributed by atoms with E-state index in [0.29, 0.717) is 22.7 Å². The van der Waals surface area contributed by atoms with Crippen LogP contribution in [-0.2, 0) is 31.1 Å². The molecule has 4 atom stereocenters. The van der Waals surface area contributed by atoms with Gasteiger partial charge in [-0.05, 0) is 30.2 Å². The van der Waals surface area contributed by atoms with Gasteiger partial charge < -0.3 is 15.2 Å². The van der Waals surface area contributed by atoms with E-state index in [1.54, 1.807) is 42.5 Å². The minimum absolute atomic E-state index is 0.132. The first kappa shape index (κ1) is 20.9. The van der Waals surface area contributed by atoms with Crippen molar-refractivity contribution in [2.75, 3.05) is 25.6 Å². The van der Waals surface area contributed by atoms with Crippen molar-refractivity contribution in [3.05, 3.63) is 58.6 Å². The first-order valence-electron chi connectivity index (χ1n) is 10.4. The van der Waals surface area contributed by atoms with Gasteiger partial charge in [0.25, 0.3) is 0 Å². The molecule has 9 heteroatoms. The second kappa shape index (κ2) is 7.58. The first-order valence-corrected chi connectivity index (χ1v) is 10.8.